The molecule has 0 unspecified atom stereocenters. The molecule has 10 nitrogen and oxygen atoms in total. The van der Waals surface area contributed by atoms with Crippen LogP contribution in [-0.2, 0) is 11.0 Å². The van der Waals surface area contributed by atoms with Gasteiger partial charge >= 0.3 is 6.18 Å². The molecule has 13 heteroatoms. The zero-order chi connectivity index (χ0) is 37.9. The number of amides is 3. The van der Waals surface area contributed by atoms with Gasteiger partial charge < -0.3 is 30.7 Å². The van der Waals surface area contributed by atoms with E-state index in [9.17, 15) is 27.6 Å². The second-order valence-corrected chi connectivity index (χ2v) is 13.3. The van der Waals surface area contributed by atoms with Crippen molar-refractivity contribution in [3.05, 3.63) is 106 Å². The molecule has 0 aliphatic carbocycles. The van der Waals surface area contributed by atoms with Crippen molar-refractivity contribution in [2.24, 2.45) is 0 Å². The first-order chi connectivity index (χ1) is 25.3. The van der Waals surface area contributed by atoms with E-state index in [0.29, 0.717) is 58.2 Å². The number of nitrogens with one attached hydrogen (secondary N) is 4. The third-order valence-corrected chi connectivity index (χ3v) is 9.93. The Morgan fingerprint density at radius 3 is 2.32 bits per heavy atom. The summed E-state index contributed by atoms with van der Waals surface area (Å²) in [6, 6.07) is 16.5. The summed E-state index contributed by atoms with van der Waals surface area (Å²) in [6.45, 7) is 15.2. The number of aromatic nitrogens is 1. The number of rotatable bonds is 11. The highest BCUT2D eigenvalue weighted by molar-refractivity contribution is 6.35. The number of nitrogens with zero attached hydrogens (tertiary/aromatic N) is 3. The first-order valence-corrected chi connectivity index (χ1v) is 17.8. The van der Waals surface area contributed by atoms with Gasteiger partial charge in [0, 0.05) is 78.8 Å². The molecular formula is C40H44F3N7O3. The van der Waals surface area contributed by atoms with Crippen LogP contribution >= 0.6 is 0 Å². The zero-order valence-corrected chi connectivity index (χ0v) is 30.3. The number of alkyl halides is 3. The van der Waals surface area contributed by atoms with E-state index >= 15 is 0 Å². The van der Waals surface area contributed by atoms with Crippen molar-refractivity contribution in [1.29, 1.82) is 0 Å². The predicted octanol–water partition coefficient (Wildman–Crippen LogP) is 7.24. The zero-order valence-electron chi connectivity index (χ0n) is 30.3. The number of likely N-dealkylation sites (N-methyl/N-ethyl adjacent to an activating group) is 1. The van der Waals surface area contributed by atoms with Crippen LogP contribution in [0.1, 0.15) is 62.6 Å². The molecule has 278 valence electrons. The third kappa shape index (κ3) is 8.47. The summed E-state index contributed by atoms with van der Waals surface area (Å²) in [5.74, 6) is -0.941. The molecular weight excluding hydrogens is 683 g/mol. The van der Waals surface area contributed by atoms with E-state index in [0.717, 1.165) is 62.7 Å². The highest BCUT2D eigenvalue weighted by Crippen LogP contribution is 2.37. The van der Waals surface area contributed by atoms with Gasteiger partial charge in [-0.3, -0.25) is 19.3 Å². The van der Waals surface area contributed by atoms with Gasteiger partial charge in [-0.05, 0) is 87.1 Å². The van der Waals surface area contributed by atoms with Gasteiger partial charge in [-0.1, -0.05) is 32.0 Å². The van der Waals surface area contributed by atoms with E-state index in [4.69, 9.17) is 0 Å². The fraction of sp³-hybridized carbons (Fsp3) is 0.325. The lowest BCUT2D eigenvalue weighted by molar-refractivity contribution is -0.137. The summed E-state index contributed by atoms with van der Waals surface area (Å²) in [5.41, 5.74) is 5.34. The number of piperazine rings is 1. The molecule has 4 aromatic rings. The van der Waals surface area contributed by atoms with Crippen LogP contribution in [0.2, 0.25) is 0 Å². The Morgan fingerprint density at radius 2 is 1.60 bits per heavy atom. The summed E-state index contributed by atoms with van der Waals surface area (Å²) in [5, 5.41) is 8.83. The Labute approximate surface area is 307 Å². The van der Waals surface area contributed by atoms with Gasteiger partial charge in [0.2, 0.25) is 0 Å². The lowest BCUT2D eigenvalue weighted by Crippen LogP contribution is -2.50. The highest BCUT2D eigenvalue weighted by Gasteiger charge is 2.31. The van der Waals surface area contributed by atoms with Gasteiger partial charge in [-0.2, -0.15) is 13.2 Å². The standard InChI is InChI=1S/C40H44F3N7O3/c1-5-48(6-2)15-16-49-17-19-50(20-18-49)39(53)36-25(3)34(44-26(36)4)24-33-32-14-13-31(23-35(32)47-38(33)52)45-29-11-8-12-30(22-29)46-37(51)27-9-7-10-28(21-27)40(41,42)43/h7-14,21-24,44-45H,5-6,15-20H2,1-4H3,(H,46,51)(H,47,52). The Bertz CT molecular complexity index is 2040. The molecule has 0 atom stereocenters. The lowest BCUT2D eigenvalue weighted by atomic mass is 10.0. The summed E-state index contributed by atoms with van der Waals surface area (Å²) >= 11 is 0. The number of halogens is 3. The minimum Gasteiger partial charge on any atom is -0.358 e. The highest BCUT2D eigenvalue weighted by atomic mass is 19.4. The van der Waals surface area contributed by atoms with Gasteiger partial charge in [0.1, 0.15) is 0 Å². The number of aromatic amines is 1. The largest absolute Gasteiger partial charge is 0.416 e. The van der Waals surface area contributed by atoms with Crippen LogP contribution in [0.15, 0.2) is 66.7 Å². The Hall–Kier alpha value is -5.40. The molecule has 0 saturated carbocycles. The van der Waals surface area contributed by atoms with Crippen LogP contribution in [0.25, 0.3) is 11.6 Å². The van der Waals surface area contributed by atoms with Crippen LogP contribution in [0, 0.1) is 13.8 Å². The van der Waals surface area contributed by atoms with Crippen LogP contribution in [0.3, 0.4) is 0 Å². The molecule has 0 bridgehead atoms. The van der Waals surface area contributed by atoms with Gasteiger partial charge in [0.25, 0.3) is 17.7 Å². The van der Waals surface area contributed by atoms with Crippen molar-refractivity contribution in [3.8, 4) is 0 Å². The molecule has 0 radical (unpaired) electrons. The van der Waals surface area contributed by atoms with Gasteiger partial charge in [-0.25, -0.2) is 0 Å². The van der Waals surface area contributed by atoms with Crippen LogP contribution < -0.4 is 16.0 Å². The summed E-state index contributed by atoms with van der Waals surface area (Å²) < 4.78 is 39.4. The molecule has 3 amide bonds. The van der Waals surface area contributed by atoms with Gasteiger partial charge in [0.15, 0.2) is 0 Å². The summed E-state index contributed by atoms with van der Waals surface area (Å²) in [4.78, 5) is 49.7. The molecule has 1 fully saturated rings. The van der Waals surface area contributed by atoms with Crippen molar-refractivity contribution in [1.82, 2.24) is 19.7 Å². The Kier molecular flexibility index (Phi) is 11.1. The molecule has 4 N–H and O–H groups in total. The summed E-state index contributed by atoms with van der Waals surface area (Å²) in [6.07, 6.45) is -2.77. The molecule has 2 aliphatic heterocycles. The number of carbonyl (C=O) groups is 3. The molecule has 1 saturated heterocycles. The SMILES string of the molecule is CCN(CC)CCN1CCN(C(=O)c2c(C)[nH]c(C=C3C(=O)Nc4cc(Nc5cccc(NC(=O)c6cccc(C(F)(F)F)c6)c5)ccc43)c2C)CC1. The maximum Gasteiger partial charge on any atom is 0.416 e. The quantitative estimate of drug-likeness (QED) is 0.121. The number of H-pyrrole nitrogens is 1. The van der Waals surface area contributed by atoms with E-state index in [1.165, 1.54) is 12.1 Å². The number of anilines is 4. The van der Waals surface area contributed by atoms with E-state index < -0.39 is 17.6 Å². The van der Waals surface area contributed by atoms with E-state index in [2.05, 4.69) is 44.6 Å². The van der Waals surface area contributed by atoms with Crippen molar-refractivity contribution in [2.75, 3.05) is 68.3 Å². The average molecular weight is 728 g/mol. The van der Waals surface area contributed by atoms with Crippen molar-refractivity contribution < 1.29 is 27.6 Å². The monoisotopic (exact) mass is 727 g/mol. The van der Waals surface area contributed by atoms with Crippen molar-refractivity contribution in [3.63, 3.8) is 0 Å². The molecule has 53 heavy (non-hydrogen) atoms. The topological polar surface area (TPSA) is 113 Å². The van der Waals surface area contributed by atoms with Crippen LogP contribution in [-0.4, -0.2) is 89.8 Å². The fourth-order valence-corrected chi connectivity index (χ4v) is 6.84. The average Bonchev–Trinajstić information content (AvgIpc) is 3.60. The molecule has 2 aliphatic rings. The second-order valence-electron chi connectivity index (χ2n) is 13.3. The Balaban J connectivity index is 1.12. The first kappa shape index (κ1) is 37.4. The van der Waals surface area contributed by atoms with Gasteiger partial charge in [-0.15, -0.1) is 0 Å². The van der Waals surface area contributed by atoms with E-state index in [1.807, 2.05) is 30.9 Å². The van der Waals surface area contributed by atoms with Crippen molar-refractivity contribution >= 4 is 52.1 Å². The number of fused-ring (bicyclic) bond motifs is 1. The smallest absolute Gasteiger partial charge is 0.358 e. The number of hydrogen-bond donors (Lipinski definition) is 4. The van der Waals surface area contributed by atoms with Crippen molar-refractivity contribution in [2.45, 2.75) is 33.9 Å². The summed E-state index contributed by atoms with van der Waals surface area (Å²) in [7, 11) is 0. The second kappa shape index (κ2) is 15.7. The van der Waals surface area contributed by atoms with E-state index in [1.54, 1.807) is 36.4 Å². The minimum atomic E-state index is -4.56. The maximum absolute atomic E-state index is 13.7. The lowest BCUT2D eigenvalue weighted by Gasteiger charge is -2.35. The predicted molar refractivity (Wildman–Crippen MR) is 202 cm³/mol. The number of carbonyl (C=O) groups excluding carboxylic acids is 3. The molecule has 3 aromatic carbocycles. The molecule has 6 rings (SSSR count). The number of hydrogen-bond acceptors (Lipinski definition) is 6. The minimum absolute atomic E-state index is 0.00410. The molecule has 0 spiro atoms. The molecule has 3 heterocycles. The first-order valence-electron chi connectivity index (χ1n) is 17.8. The molecule has 1 aromatic heterocycles. The fourth-order valence-electron chi connectivity index (χ4n) is 6.84. The number of benzene rings is 3. The third-order valence-electron chi connectivity index (χ3n) is 9.93. The normalized spacial score (nSPS) is 15.5. The van der Waals surface area contributed by atoms with Crippen LogP contribution in [0.5, 0.6) is 0 Å². The Morgan fingerprint density at radius 1 is 0.906 bits per heavy atom. The van der Waals surface area contributed by atoms with Gasteiger partial charge in [0.05, 0.1) is 22.4 Å². The maximum atomic E-state index is 13.7. The van der Waals surface area contributed by atoms with E-state index in [-0.39, 0.29) is 17.4 Å². The number of aryl methyl sites for hydroxylation is 1. The van der Waals surface area contributed by atoms with Crippen LogP contribution in [0.4, 0.5) is 35.9 Å².